The Balaban J connectivity index is 2.59. The Kier molecular flexibility index (Phi) is 3.06. The second kappa shape index (κ2) is 4.37. The van der Waals surface area contributed by atoms with E-state index in [2.05, 4.69) is 15.3 Å². The number of nitrogens with zero attached hydrogens (tertiary/aromatic N) is 4. The summed E-state index contributed by atoms with van der Waals surface area (Å²) in [6.45, 7) is 8.00. The van der Waals surface area contributed by atoms with Crippen LogP contribution in [0.1, 0.15) is 46.5 Å². The van der Waals surface area contributed by atoms with Crippen LogP contribution in [-0.2, 0) is 0 Å². The van der Waals surface area contributed by atoms with Gasteiger partial charge in [-0.05, 0) is 19.8 Å². The van der Waals surface area contributed by atoms with Crippen molar-refractivity contribution in [3.63, 3.8) is 0 Å². The monoisotopic (exact) mass is 250 g/mol. The molecule has 0 N–H and O–H groups in total. The first kappa shape index (κ1) is 11.9. The first-order valence-electron chi connectivity index (χ1n) is 5.39. The average molecular weight is 250 g/mol. The van der Waals surface area contributed by atoms with Crippen molar-refractivity contribution in [1.82, 2.24) is 20.0 Å². The number of carbonyl (C=O) groups excluding carboxylic acids is 1. The van der Waals surface area contributed by atoms with Gasteiger partial charge >= 0.3 is 0 Å². The van der Waals surface area contributed by atoms with E-state index in [9.17, 15) is 4.79 Å². The lowest BCUT2D eigenvalue weighted by Gasteiger charge is -2.06. The molecule has 2 heterocycles. The molecule has 0 saturated heterocycles. The number of carbonyl (C=O) groups is 1. The fraction of sp³-hybridized carbons (Fsp3) is 0.455. The topological polar surface area (TPSA) is 60.7 Å². The number of aldehydes is 1. The van der Waals surface area contributed by atoms with E-state index in [0.29, 0.717) is 5.69 Å². The van der Waals surface area contributed by atoms with Crippen molar-refractivity contribution < 1.29 is 4.79 Å². The van der Waals surface area contributed by atoms with Gasteiger partial charge in [-0.2, -0.15) is 4.68 Å². The summed E-state index contributed by atoms with van der Waals surface area (Å²) in [5.41, 5.74) is 2.20. The third-order valence-electron chi connectivity index (χ3n) is 2.59. The first-order chi connectivity index (χ1) is 8.04. The second-order valence-electron chi connectivity index (χ2n) is 4.18. The number of hydrogen-bond acceptors (Lipinski definition) is 5. The van der Waals surface area contributed by atoms with Crippen molar-refractivity contribution in [3.05, 3.63) is 22.0 Å². The fourth-order valence-corrected chi connectivity index (χ4v) is 2.48. The van der Waals surface area contributed by atoms with Gasteiger partial charge in [-0.3, -0.25) is 4.79 Å². The number of hydrogen-bond donors (Lipinski definition) is 0. The molecule has 2 aromatic heterocycles. The maximum Gasteiger partial charge on any atom is 0.212 e. The Morgan fingerprint density at radius 3 is 2.53 bits per heavy atom. The van der Waals surface area contributed by atoms with Crippen LogP contribution >= 0.6 is 11.3 Å². The molecule has 17 heavy (non-hydrogen) atoms. The van der Waals surface area contributed by atoms with E-state index >= 15 is 0 Å². The molecule has 0 unspecified atom stereocenters. The van der Waals surface area contributed by atoms with Gasteiger partial charge in [-0.1, -0.05) is 30.4 Å². The third-order valence-corrected chi connectivity index (χ3v) is 3.64. The van der Waals surface area contributed by atoms with Gasteiger partial charge < -0.3 is 0 Å². The zero-order valence-corrected chi connectivity index (χ0v) is 11.1. The molecule has 0 atom stereocenters. The van der Waals surface area contributed by atoms with E-state index in [1.807, 2.05) is 27.7 Å². The van der Waals surface area contributed by atoms with Crippen LogP contribution in [0.2, 0.25) is 0 Å². The molecule has 2 rings (SSSR count). The van der Waals surface area contributed by atoms with Crippen LogP contribution in [0.3, 0.4) is 0 Å². The predicted octanol–water partition coefficient (Wildman–Crippen LogP) is 2.28. The highest BCUT2D eigenvalue weighted by molar-refractivity contribution is 7.14. The third kappa shape index (κ3) is 2.00. The molecule has 0 aliphatic carbocycles. The Morgan fingerprint density at radius 2 is 2.06 bits per heavy atom. The molecule has 0 amide bonds. The predicted molar refractivity (Wildman–Crippen MR) is 66.0 cm³/mol. The molecule has 0 bridgehead atoms. The lowest BCUT2D eigenvalue weighted by molar-refractivity contribution is 0.111. The number of aryl methyl sites for hydroxylation is 2. The smallest absolute Gasteiger partial charge is 0.212 e. The van der Waals surface area contributed by atoms with E-state index in [0.717, 1.165) is 27.7 Å². The Morgan fingerprint density at radius 1 is 1.35 bits per heavy atom. The first-order valence-corrected chi connectivity index (χ1v) is 6.21. The van der Waals surface area contributed by atoms with Crippen LogP contribution in [-0.4, -0.2) is 26.3 Å². The van der Waals surface area contributed by atoms with Crippen molar-refractivity contribution in [3.8, 4) is 5.13 Å². The van der Waals surface area contributed by atoms with E-state index in [1.165, 1.54) is 0 Å². The Labute approximate surface area is 103 Å². The minimum absolute atomic E-state index is 0.176. The van der Waals surface area contributed by atoms with Crippen LogP contribution in [0.15, 0.2) is 0 Å². The van der Waals surface area contributed by atoms with Crippen LogP contribution < -0.4 is 0 Å². The molecule has 0 saturated carbocycles. The lowest BCUT2D eigenvalue weighted by Crippen LogP contribution is -2.05. The molecule has 0 aliphatic heterocycles. The average Bonchev–Trinajstić information content (AvgIpc) is 2.83. The molecule has 0 spiro atoms. The maximum atomic E-state index is 10.9. The molecule has 0 aliphatic rings. The summed E-state index contributed by atoms with van der Waals surface area (Å²) >= 11 is 1.56. The standard InChI is InChI=1S/C11H14N4OS/c1-6(2)10-9(5-16)13-14-15(10)11-12-7(3)8(4)17-11/h5-6H,1-4H3. The summed E-state index contributed by atoms with van der Waals surface area (Å²) in [4.78, 5) is 16.5. The minimum Gasteiger partial charge on any atom is -0.296 e. The number of aromatic nitrogens is 4. The van der Waals surface area contributed by atoms with Gasteiger partial charge in [0.15, 0.2) is 6.29 Å². The Bertz CT molecular complexity index is 536. The van der Waals surface area contributed by atoms with E-state index in [4.69, 9.17) is 0 Å². The lowest BCUT2D eigenvalue weighted by atomic mass is 10.1. The molecule has 6 heteroatoms. The largest absolute Gasteiger partial charge is 0.296 e. The van der Waals surface area contributed by atoms with E-state index in [-0.39, 0.29) is 5.92 Å². The molecular formula is C11H14N4OS. The molecule has 0 fully saturated rings. The zero-order chi connectivity index (χ0) is 12.6. The van der Waals surface area contributed by atoms with Gasteiger partial charge in [0.25, 0.3) is 0 Å². The van der Waals surface area contributed by atoms with Gasteiger partial charge in [0.2, 0.25) is 5.13 Å². The summed E-state index contributed by atoms with van der Waals surface area (Å²) in [7, 11) is 0. The molecule has 90 valence electrons. The SMILES string of the molecule is Cc1nc(-n2nnc(C=O)c2C(C)C)sc1C. The highest BCUT2D eigenvalue weighted by atomic mass is 32.1. The van der Waals surface area contributed by atoms with Crippen molar-refractivity contribution in [2.45, 2.75) is 33.6 Å². The highest BCUT2D eigenvalue weighted by Crippen LogP contribution is 2.25. The van der Waals surface area contributed by atoms with Gasteiger partial charge in [-0.15, -0.1) is 5.10 Å². The summed E-state index contributed by atoms with van der Waals surface area (Å²) in [5, 5.41) is 8.67. The molecular weight excluding hydrogens is 236 g/mol. The quantitative estimate of drug-likeness (QED) is 0.784. The minimum atomic E-state index is 0.176. The van der Waals surface area contributed by atoms with Crippen LogP contribution in [0.5, 0.6) is 0 Å². The van der Waals surface area contributed by atoms with Crippen molar-refractivity contribution >= 4 is 17.6 Å². The van der Waals surface area contributed by atoms with E-state index < -0.39 is 0 Å². The van der Waals surface area contributed by atoms with Gasteiger partial charge in [0.05, 0.1) is 11.4 Å². The summed E-state index contributed by atoms with van der Waals surface area (Å²) in [6.07, 6.45) is 0.742. The van der Waals surface area contributed by atoms with Crippen molar-refractivity contribution in [2.75, 3.05) is 0 Å². The van der Waals surface area contributed by atoms with Gasteiger partial charge in [0, 0.05) is 4.88 Å². The molecule has 2 aromatic rings. The van der Waals surface area contributed by atoms with Crippen molar-refractivity contribution in [1.29, 1.82) is 0 Å². The normalized spacial score (nSPS) is 11.1. The number of rotatable bonds is 3. The zero-order valence-electron chi connectivity index (χ0n) is 10.3. The summed E-state index contributed by atoms with van der Waals surface area (Å²) in [6, 6.07) is 0. The van der Waals surface area contributed by atoms with Gasteiger partial charge in [-0.25, -0.2) is 4.98 Å². The van der Waals surface area contributed by atoms with Gasteiger partial charge in [0.1, 0.15) is 5.69 Å². The summed E-state index contributed by atoms with van der Waals surface area (Å²) in [5.74, 6) is 0.176. The number of thiazole rings is 1. The van der Waals surface area contributed by atoms with Crippen LogP contribution in [0.25, 0.3) is 5.13 Å². The van der Waals surface area contributed by atoms with Crippen molar-refractivity contribution in [2.24, 2.45) is 0 Å². The Hall–Kier alpha value is -1.56. The van der Waals surface area contributed by atoms with Crippen LogP contribution in [0, 0.1) is 13.8 Å². The molecule has 5 nitrogen and oxygen atoms in total. The maximum absolute atomic E-state index is 10.9. The molecule has 0 aromatic carbocycles. The highest BCUT2D eigenvalue weighted by Gasteiger charge is 2.19. The second-order valence-corrected chi connectivity index (χ2v) is 5.36. The summed E-state index contributed by atoms with van der Waals surface area (Å²) < 4.78 is 1.67. The fourth-order valence-electron chi connectivity index (χ4n) is 1.61. The van der Waals surface area contributed by atoms with Crippen LogP contribution in [0.4, 0.5) is 0 Å². The van der Waals surface area contributed by atoms with E-state index in [1.54, 1.807) is 16.0 Å². The molecule has 0 radical (unpaired) electrons.